The SMILES string of the molecule is CC(C)(C=O)C(=O)O.CC(C)(C=O)C(=O)O.[Mn]. The maximum absolute atomic E-state index is 10.0. The molecule has 0 heterocycles. The van der Waals surface area contributed by atoms with Crippen molar-refractivity contribution < 1.29 is 46.5 Å². The molecule has 0 aliphatic carbocycles. The maximum atomic E-state index is 10.0. The Labute approximate surface area is 110 Å². The number of carboxylic acid groups (broad SMARTS) is 2. The number of carbonyl (C=O) groups is 4. The van der Waals surface area contributed by atoms with Gasteiger partial charge in [-0.15, -0.1) is 0 Å². The van der Waals surface area contributed by atoms with E-state index in [1.165, 1.54) is 27.7 Å². The smallest absolute Gasteiger partial charge is 0.316 e. The Kier molecular flexibility index (Phi) is 9.91. The van der Waals surface area contributed by atoms with Crippen LogP contribution in [0, 0.1) is 10.8 Å². The van der Waals surface area contributed by atoms with Gasteiger partial charge in [-0.2, -0.15) is 0 Å². The Bertz CT molecular complexity index is 265. The van der Waals surface area contributed by atoms with Crippen LogP contribution < -0.4 is 0 Å². The summed E-state index contributed by atoms with van der Waals surface area (Å²) in [7, 11) is 0. The summed E-state index contributed by atoms with van der Waals surface area (Å²) in [5, 5.41) is 16.4. The van der Waals surface area contributed by atoms with E-state index in [4.69, 9.17) is 10.2 Å². The summed E-state index contributed by atoms with van der Waals surface area (Å²) in [6.07, 6.45) is 0.824. The molecule has 0 bridgehead atoms. The summed E-state index contributed by atoms with van der Waals surface area (Å²) in [6.45, 7) is 5.40. The topological polar surface area (TPSA) is 109 Å². The van der Waals surface area contributed by atoms with E-state index in [0.29, 0.717) is 12.6 Å². The predicted molar refractivity (Wildman–Crippen MR) is 55.0 cm³/mol. The molecule has 7 heteroatoms. The Hall–Kier alpha value is -1.20. The second-order valence-corrected chi connectivity index (χ2v) is 4.29. The molecule has 0 saturated carbocycles. The third-order valence-corrected chi connectivity index (χ3v) is 1.69. The number of aliphatic carboxylic acids is 2. The molecule has 0 rings (SSSR count). The van der Waals surface area contributed by atoms with E-state index in [9.17, 15) is 19.2 Å². The van der Waals surface area contributed by atoms with Crippen molar-refractivity contribution in [3.63, 3.8) is 0 Å². The van der Waals surface area contributed by atoms with Gasteiger partial charge in [0.05, 0.1) is 0 Å². The minimum absolute atomic E-state index is 0. The predicted octanol–water partition coefficient (Wildman–Crippen LogP) is 0.590. The molecule has 0 unspecified atom stereocenters. The molecule has 17 heavy (non-hydrogen) atoms. The first-order chi connectivity index (χ1) is 7.01. The second kappa shape index (κ2) is 7.97. The van der Waals surface area contributed by atoms with Crippen molar-refractivity contribution in [1.29, 1.82) is 0 Å². The van der Waals surface area contributed by atoms with Crippen LogP contribution in [0.3, 0.4) is 0 Å². The number of rotatable bonds is 4. The molecule has 0 spiro atoms. The van der Waals surface area contributed by atoms with Crippen molar-refractivity contribution in [2.75, 3.05) is 0 Å². The molecule has 6 nitrogen and oxygen atoms in total. The molecule has 0 aromatic heterocycles. The molecule has 0 aromatic rings. The molecule has 2 N–H and O–H groups in total. The quantitative estimate of drug-likeness (QED) is 0.445. The van der Waals surface area contributed by atoms with Gasteiger partial charge < -0.3 is 19.8 Å². The number of aldehydes is 2. The van der Waals surface area contributed by atoms with E-state index in [1.807, 2.05) is 0 Å². The standard InChI is InChI=1S/2C5H8O3.Mn/c2*1-5(2,3-6)4(7)8;/h2*3H,1-2H3,(H,7,8);. The Morgan fingerprint density at radius 1 is 0.824 bits per heavy atom. The Morgan fingerprint density at radius 3 is 1.00 bits per heavy atom. The average Bonchev–Trinajstić information content (AvgIpc) is 2.18. The van der Waals surface area contributed by atoms with E-state index < -0.39 is 22.8 Å². The van der Waals surface area contributed by atoms with Gasteiger partial charge in [-0.05, 0) is 27.7 Å². The van der Waals surface area contributed by atoms with Crippen LogP contribution in [0.15, 0.2) is 0 Å². The largest absolute Gasteiger partial charge is 0.481 e. The van der Waals surface area contributed by atoms with Crippen LogP contribution in [0.2, 0.25) is 0 Å². The van der Waals surface area contributed by atoms with Gasteiger partial charge in [-0.1, -0.05) is 0 Å². The van der Waals surface area contributed by atoms with E-state index in [2.05, 4.69) is 0 Å². The fourth-order valence-corrected chi connectivity index (χ4v) is 0.101. The zero-order valence-electron chi connectivity index (χ0n) is 10.1. The molecule has 0 aliphatic heterocycles. The summed E-state index contributed by atoms with van der Waals surface area (Å²) in [6, 6.07) is 0. The first kappa shape index (κ1) is 21.1. The van der Waals surface area contributed by atoms with Gasteiger partial charge in [-0.25, -0.2) is 0 Å². The zero-order chi connectivity index (χ0) is 13.6. The summed E-state index contributed by atoms with van der Waals surface area (Å²) < 4.78 is 0. The number of carbonyl (C=O) groups excluding carboxylic acids is 2. The summed E-state index contributed by atoms with van der Waals surface area (Å²) in [5.74, 6) is -2.18. The molecule has 0 saturated heterocycles. The molecule has 0 aromatic carbocycles. The van der Waals surface area contributed by atoms with Crippen molar-refractivity contribution in [3.05, 3.63) is 0 Å². The van der Waals surface area contributed by atoms with Crippen molar-refractivity contribution in [2.45, 2.75) is 27.7 Å². The zero-order valence-corrected chi connectivity index (χ0v) is 11.2. The minimum Gasteiger partial charge on any atom is -0.481 e. The molecule has 0 atom stereocenters. The number of hydrogen-bond acceptors (Lipinski definition) is 4. The molecule has 99 valence electrons. The summed E-state index contributed by atoms with van der Waals surface area (Å²) in [4.78, 5) is 39.8. The van der Waals surface area contributed by atoms with Crippen LogP contribution in [-0.4, -0.2) is 34.7 Å². The van der Waals surface area contributed by atoms with Gasteiger partial charge in [0.2, 0.25) is 0 Å². The minimum atomic E-state index is -1.22. The van der Waals surface area contributed by atoms with Crippen LogP contribution in [0.25, 0.3) is 0 Å². The fraction of sp³-hybridized carbons (Fsp3) is 0.600. The van der Waals surface area contributed by atoms with Crippen molar-refractivity contribution in [2.24, 2.45) is 10.8 Å². The summed E-state index contributed by atoms with van der Waals surface area (Å²) >= 11 is 0. The van der Waals surface area contributed by atoms with Crippen molar-refractivity contribution >= 4 is 24.5 Å². The molecule has 0 aliphatic rings. The van der Waals surface area contributed by atoms with E-state index in [0.717, 1.165) is 0 Å². The van der Waals surface area contributed by atoms with Crippen molar-refractivity contribution in [3.8, 4) is 0 Å². The van der Waals surface area contributed by atoms with E-state index in [1.54, 1.807) is 0 Å². The van der Waals surface area contributed by atoms with E-state index in [-0.39, 0.29) is 17.1 Å². The van der Waals surface area contributed by atoms with Gasteiger partial charge in [0.15, 0.2) is 0 Å². The molecule has 0 amide bonds. The maximum Gasteiger partial charge on any atom is 0.316 e. The Balaban J connectivity index is -0.000000218. The first-order valence-corrected chi connectivity index (χ1v) is 4.40. The van der Waals surface area contributed by atoms with Gasteiger partial charge in [0.1, 0.15) is 23.4 Å². The average molecular weight is 287 g/mol. The van der Waals surface area contributed by atoms with Crippen LogP contribution in [0.4, 0.5) is 0 Å². The van der Waals surface area contributed by atoms with Crippen LogP contribution in [0.1, 0.15) is 27.7 Å². The molecule has 0 fully saturated rings. The first-order valence-electron chi connectivity index (χ1n) is 4.40. The molecular weight excluding hydrogens is 271 g/mol. The van der Waals surface area contributed by atoms with Gasteiger partial charge in [-0.3, -0.25) is 9.59 Å². The van der Waals surface area contributed by atoms with E-state index >= 15 is 0 Å². The Morgan fingerprint density at radius 2 is 1.00 bits per heavy atom. The third kappa shape index (κ3) is 8.59. The van der Waals surface area contributed by atoms with Gasteiger partial charge in [0, 0.05) is 17.1 Å². The number of carboxylic acids is 2. The fourth-order valence-electron chi connectivity index (χ4n) is 0.101. The normalized spacial score (nSPS) is 10.1. The van der Waals surface area contributed by atoms with Crippen LogP contribution in [-0.2, 0) is 36.2 Å². The third-order valence-electron chi connectivity index (χ3n) is 1.69. The molecule has 1 radical (unpaired) electrons. The van der Waals surface area contributed by atoms with Crippen molar-refractivity contribution in [1.82, 2.24) is 0 Å². The second-order valence-electron chi connectivity index (χ2n) is 4.29. The molecular formula is C10H16MnO6. The number of hydrogen-bond donors (Lipinski definition) is 2. The van der Waals surface area contributed by atoms with Gasteiger partial charge in [0.25, 0.3) is 0 Å². The van der Waals surface area contributed by atoms with Crippen LogP contribution >= 0.6 is 0 Å². The van der Waals surface area contributed by atoms with Crippen LogP contribution in [0.5, 0.6) is 0 Å². The monoisotopic (exact) mass is 287 g/mol. The summed E-state index contributed by atoms with van der Waals surface area (Å²) in [5.41, 5.74) is -2.44. The van der Waals surface area contributed by atoms with Gasteiger partial charge >= 0.3 is 11.9 Å².